The Bertz CT molecular complexity index is 613. The second-order valence-corrected chi connectivity index (χ2v) is 5.91. The maximum absolute atomic E-state index is 13.9. The van der Waals surface area contributed by atoms with Gasteiger partial charge in [0.2, 0.25) is 0 Å². The van der Waals surface area contributed by atoms with Crippen molar-refractivity contribution >= 4 is 15.9 Å². The van der Waals surface area contributed by atoms with Crippen molar-refractivity contribution in [2.75, 3.05) is 7.05 Å². The van der Waals surface area contributed by atoms with Gasteiger partial charge in [0, 0.05) is 10.7 Å². The minimum atomic E-state index is -0.182. The van der Waals surface area contributed by atoms with Crippen molar-refractivity contribution in [3.8, 4) is 0 Å². The molecule has 0 aliphatic carbocycles. The number of aryl methyl sites for hydroxylation is 2. The lowest BCUT2D eigenvalue weighted by atomic mass is 9.99. The number of rotatable bonds is 4. The lowest BCUT2D eigenvalue weighted by Gasteiger charge is -2.18. The maximum Gasteiger partial charge on any atom is 0.126 e. The summed E-state index contributed by atoms with van der Waals surface area (Å²) in [6.07, 6.45) is 2.42. The van der Waals surface area contributed by atoms with Crippen LogP contribution in [-0.2, 0) is 6.42 Å². The molecule has 0 spiro atoms. The van der Waals surface area contributed by atoms with Crippen LogP contribution < -0.4 is 5.32 Å². The summed E-state index contributed by atoms with van der Waals surface area (Å²) in [5.41, 5.74) is 3.91. The van der Waals surface area contributed by atoms with Gasteiger partial charge in [0.1, 0.15) is 5.82 Å². The SMILES string of the molecule is CNC(Cc1cc(Br)ccc1F)c1ncc(C)cc1C. The van der Waals surface area contributed by atoms with E-state index in [1.54, 1.807) is 6.07 Å². The van der Waals surface area contributed by atoms with Crippen LogP contribution in [0.2, 0.25) is 0 Å². The van der Waals surface area contributed by atoms with E-state index in [0.717, 1.165) is 21.3 Å². The Kier molecular flexibility index (Phi) is 4.89. The van der Waals surface area contributed by atoms with E-state index in [1.165, 1.54) is 6.07 Å². The Morgan fingerprint density at radius 1 is 1.30 bits per heavy atom. The zero-order chi connectivity index (χ0) is 14.7. The van der Waals surface area contributed by atoms with Crippen LogP contribution in [0.1, 0.15) is 28.4 Å². The molecular formula is C16H18BrFN2. The molecule has 1 heterocycles. The summed E-state index contributed by atoms with van der Waals surface area (Å²) in [4.78, 5) is 4.50. The summed E-state index contributed by atoms with van der Waals surface area (Å²) in [6.45, 7) is 4.06. The number of hydrogen-bond acceptors (Lipinski definition) is 2. The first-order valence-electron chi connectivity index (χ1n) is 6.55. The van der Waals surface area contributed by atoms with Crippen molar-refractivity contribution in [1.82, 2.24) is 10.3 Å². The molecule has 1 aromatic heterocycles. The van der Waals surface area contributed by atoms with Crippen molar-refractivity contribution in [2.24, 2.45) is 0 Å². The molecule has 106 valence electrons. The van der Waals surface area contributed by atoms with Crippen LogP contribution in [0.4, 0.5) is 4.39 Å². The van der Waals surface area contributed by atoms with E-state index in [9.17, 15) is 4.39 Å². The van der Waals surface area contributed by atoms with E-state index in [1.807, 2.05) is 33.2 Å². The topological polar surface area (TPSA) is 24.9 Å². The van der Waals surface area contributed by atoms with E-state index in [2.05, 4.69) is 32.3 Å². The minimum absolute atomic E-state index is 0.000556. The molecule has 2 aromatic rings. The largest absolute Gasteiger partial charge is 0.311 e. The Balaban J connectivity index is 2.31. The molecule has 0 fully saturated rings. The van der Waals surface area contributed by atoms with Crippen LogP contribution in [0.5, 0.6) is 0 Å². The van der Waals surface area contributed by atoms with Crippen LogP contribution >= 0.6 is 15.9 Å². The summed E-state index contributed by atoms with van der Waals surface area (Å²) < 4.78 is 14.8. The summed E-state index contributed by atoms with van der Waals surface area (Å²) in [7, 11) is 1.88. The predicted molar refractivity (Wildman–Crippen MR) is 83.3 cm³/mol. The zero-order valence-corrected chi connectivity index (χ0v) is 13.5. The molecule has 20 heavy (non-hydrogen) atoms. The Labute approximate surface area is 127 Å². The summed E-state index contributed by atoms with van der Waals surface area (Å²) >= 11 is 3.39. The average molecular weight is 337 g/mol. The third-order valence-corrected chi connectivity index (χ3v) is 3.86. The fourth-order valence-corrected chi connectivity index (χ4v) is 2.75. The van der Waals surface area contributed by atoms with Gasteiger partial charge < -0.3 is 5.32 Å². The Morgan fingerprint density at radius 3 is 2.70 bits per heavy atom. The molecule has 0 saturated heterocycles. The Morgan fingerprint density at radius 2 is 2.05 bits per heavy atom. The summed E-state index contributed by atoms with van der Waals surface area (Å²) in [5, 5.41) is 3.23. The number of aromatic nitrogens is 1. The first-order chi connectivity index (χ1) is 9.51. The number of benzene rings is 1. The number of nitrogens with zero attached hydrogens (tertiary/aromatic N) is 1. The molecule has 2 rings (SSSR count). The van der Waals surface area contributed by atoms with Gasteiger partial charge in [-0.25, -0.2) is 4.39 Å². The van der Waals surface area contributed by atoms with E-state index in [-0.39, 0.29) is 11.9 Å². The second kappa shape index (κ2) is 6.46. The summed E-state index contributed by atoms with van der Waals surface area (Å²) in [6, 6.07) is 7.12. The smallest absolute Gasteiger partial charge is 0.126 e. The van der Waals surface area contributed by atoms with Gasteiger partial charge in [-0.2, -0.15) is 0 Å². The first kappa shape index (κ1) is 15.1. The van der Waals surface area contributed by atoms with E-state index < -0.39 is 0 Å². The number of likely N-dealkylation sites (N-methyl/N-ethyl adjacent to an activating group) is 1. The predicted octanol–water partition coefficient (Wildman–Crippen LogP) is 4.10. The minimum Gasteiger partial charge on any atom is -0.311 e. The van der Waals surface area contributed by atoms with Gasteiger partial charge in [0.05, 0.1) is 11.7 Å². The van der Waals surface area contributed by atoms with Gasteiger partial charge in [0.15, 0.2) is 0 Å². The highest BCUT2D eigenvalue weighted by molar-refractivity contribution is 9.10. The van der Waals surface area contributed by atoms with E-state index >= 15 is 0 Å². The molecule has 1 atom stereocenters. The van der Waals surface area contributed by atoms with Crippen molar-refractivity contribution in [1.29, 1.82) is 0 Å². The average Bonchev–Trinajstić information content (AvgIpc) is 2.40. The van der Waals surface area contributed by atoms with Crippen molar-refractivity contribution < 1.29 is 4.39 Å². The van der Waals surface area contributed by atoms with Crippen molar-refractivity contribution in [3.05, 3.63) is 63.1 Å². The Hall–Kier alpha value is -1.26. The molecule has 0 bridgehead atoms. The van der Waals surface area contributed by atoms with E-state index in [0.29, 0.717) is 12.0 Å². The molecular weight excluding hydrogens is 319 g/mol. The number of halogens is 2. The number of pyridine rings is 1. The van der Waals surface area contributed by atoms with Gasteiger partial charge in [0.25, 0.3) is 0 Å². The van der Waals surface area contributed by atoms with Gasteiger partial charge in [-0.05, 0) is 62.2 Å². The van der Waals surface area contributed by atoms with Gasteiger partial charge in [-0.3, -0.25) is 4.98 Å². The highest BCUT2D eigenvalue weighted by Crippen LogP contribution is 2.23. The summed E-state index contributed by atoms with van der Waals surface area (Å²) in [5.74, 6) is -0.182. The number of hydrogen-bond donors (Lipinski definition) is 1. The highest BCUT2D eigenvalue weighted by Gasteiger charge is 2.16. The van der Waals surface area contributed by atoms with Crippen LogP contribution in [0, 0.1) is 19.7 Å². The van der Waals surface area contributed by atoms with Crippen LogP contribution in [0.3, 0.4) is 0 Å². The zero-order valence-electron chi connectivity index (χ0n) is 11.9. The number of nitrogens with one attached hydrogen (secondary N) is 1. The molecule has 0 aliphatic heterocycles. The molecule has 0 aliphatic rings. The molecule has 0 saturated carbocycles. The third kappa shape index (κ3) is 3.44. The van der Waals surface area contributed by atoms with E-state index in [4.69, 9.17) is 0 Å². The van der Waals surface area contributed by atoms with Crippen molar-refractivity contribution in [2.45, 2.75) is 26.3 Å². The second-order valence-electron chi connectivity index (χ2n) is 5.00. The molecule has 1 N–H and O–H groups in total. The first-order valence-corrected chi connectivity index (χ1v) is 7.35. The third-order valence-electron chi connectivity index (χ3n) is 3.37. The molecule has 2 nitrogen and oxygen atoms in total. The molecule has 0 radical (unpaired) electrons. The molecule has 4 heteroatoms. The van der Waals surface area contributed by atoms with Crippen molar-refractivity contribution in [3.63, 3.8) is 0 Å². The van der Waals surface area contributed by atoms with Crippen LogP contribution in [-0.4, -0.2) is 12.0 Å². The lowest BCUT2D eigenvalue weighted by Crippen LogP contribution is -2.21. The maximum atomic E-state index is 13.9. The molecule has 1 unspecified atom stereocenters. The van der Waals surface area contributed by atoms with Crippen LogP contribution in [0.25, 0.3) is 0 Å². The van der Waals surface area contributed by atoms with Gasteiger partial charge in [-0.1, -0.05) is 22.0 Å². The normalized spacial score (nSPS) is 12.4. The highest BCUT2D eigenvalue weighted by atomic mass is 79.9. The molecule has 1 aromatic carbocycles. The fourth-order valence-electron chi connectivity index (χ4n) is 2.35. The van der Waals surface area contributed by atoms with Crippen LogP contribution in [0.15, 0.2) is 34.9 Å². The van der Waals surface area contributed by atoms with Gasteiger partial charge >= 0.3 is 0 Å². The lowest BCUT2D eigenvalue weighted by molar-refractivity contribution is 0.542. The quantitative estimate of drug-likeness (QED) is 0.908. The fraction of sp³-hybridized carbons (Fsp3) is 0.312. The monoisotopic (exact) mass is 336 g/mol. The molecule has 0 amide bonds. The standard InChI is InChI=1S/C16H18BrFN2/c1-10-6-11(2)16(20-9-10)15(19-3)8-12-7-13(17)4-5-14(12)18/h4-7,9,15,19H,8H2,1-3H3. The van der Waals surface area contributed by atoms with Gasteiger partial charge in [-0.15, -0.1) is 0 Å².